The van der Waals surface area contributed by atoms with Crippen molar-refractivity contribution in [1.82, 2.24) is 0 Å². The minimum absolute atomic E-state index is 0.334. The molecule has 0 N–H and O–H groups in total. The Hall–Kier alpha value is -0.970. The molecule has 0 aliphatic rings. The summed E-state index contributed by atoms with van der Waals surface area (Å²) in [5.74, 6) is -0.681. The molecule has 3 heteroatoms. The average Bonchev–Trinajstić information content (AvgIpc) is 2.16. The molecule has 2 aromatic rings. The molecule has 0 amide bonds. The van der Waals surface area contributed by atoms with E-state index in [0.29, 0.717) is 11.1 Å². The van der Waals surface area contributed by atoms with Gasteiger partial charge in [-0.3, -0.25) is 0 Å². The molecule has 0 heterocycles. The van der Waals surface area contributed by atoms with Gasteiger partial charge in [-0.05, 0) is 52.4 Å². The molecule has 2 rings (SSSR count). The fourth-order valence-electron chi connectivity index (χ4n) is 1.40. The first kappa shape index (κ1) is 10.5. The van der Waals surface area contributed by atoms with Crippen molar-refractivity contribution < 1.29 is 8.78 Å². The Morgan fingerprint density at radius 3 is 2.33 bits per heavy atom. The summed E-state index contributed by atoms with van der Waals surface area (Å²) in [4.78, 5) is 0. The summed E-state index contributed by atoms with van der Waals surface area (Å²) < 4.78 is 27.3. The molecule has 0 saturated heterocycles. The van der Waals surface area contributed by atoms with Gasteiger partial charge in [0.25, 0.3) is 0 Å². The Bertz CT molecular complexity index is 474. The molecule has 0 unspecified atom stereocenters. The van der Waals surface area contributed by atoms with Crippen molar-refractivity contribution in [1.29, 1.82) is 0 Å². The lowest BCUT2D eigenvalue weighted by molar-refractivity contribution is 0.624. The van der Waals surface area contributed by atoms with Gasteiger partial charge in [-0.25, -0.2) is 8.78 Å². The molecule has 0 aliphatic carbocycles. The topological polar surface area (TPSA) is 0 Å². The number of benzene rings is 2. The van der Waals surface area contributed by atoms with Crippen LogP contribution < -0.4 is 0 Å². The summed E-state index contributed by atoms with van der Waals surface area (Å²) in [6.45, 7) is 0. The highest BCUT2D eigenvalue weighted by molar-refractivity contribution is 14.1. The van der Waals surface area contributed by atoms with Crippen LogP contribution in [-0.2, 0) is 0 Å². The zero-order valence-electron chi connectivity index (χ0n) is 7.68. The molecule has 0 spiro atoms. The molecule has 0 bridgehead atoms. The average molecular weight is 316 g/mol. The highest BCUT2D eigenvalue weighted by Crippen LogP contribution is 2.25. The van der Waals surface area contributed by atoms with Gasteiger partial charge in [0.05, 0.1) is 0 Å². The van der Waals surface area contributed by atoms with Crippen molar-refractivity contribution >= 4 is 22.6 Å². The first-order valence-corrected chi connectivity index (χ1v) is 5.46. The van der Waals surface area contributed by atoms with Crippen LogP contribution in [0.2, 0.25) is 0 Å². The van der Waals surface area contributed by atoms with Crippen LogP contribution in [0.5, 0.6) is 0 Å². The van der Waals surface area contributed by atoms with Gasteiger partial charge in [0.2, 0.25) is 0 Å². The van der Waals surface area contributed by atoms with Crippen LogP contribution in [0.3, 0.4) is 0 Å². The highest BCUT2D eigenvalue weighted by Gasteiger charge is 2.05. The lowest BCUT2D eigenvalue weighted by Crippen LogP contribution is -1.86. The van der Waals surface area contributed by atoms with Crippen LogP contribution in [0, 0.1) is 15.2 Å². The largest absolute Gasteiger partial charge is 0.207 e. The van der Waals surface area contributed by atoms with Crippen molar-refractivity contribution in [3.05, 3.63) is 57.7 Å². The molecule has 0 nitrogen and oxygen atoms in total. The molecule has 0 atom stereocenters. The number of rotatable bonds is 1. The zero-order valence-corrected chi connectivity index (χ0v) is 9.83. The molecule has 2 aromatic carbocycles. The maximum atomic E-state index is 13.4. The van der Waals surface area contributed by atoms with E-state index in [1.54, 1.807) is 24.3 Å². The minimum Gasteiger partial charge on any atom is -0.207 e. The Morgan fingerprint density at radius 1 is 0.933 bits per heavy atom. The lowest BCUT2D eigenvalue weighted by Gasteiger charge is -2.04. The van der Waals surface area contributed by atoms with E-state index in [2.05, 4.69) is 0 Å². The summed E-state index contributed by atoms with van der Waals surface area (Å²) in [6.07, 6.45) is 0. The normalized spacial score (nSPS) is 10.3. The fraction of sp³-hybridized carbons (Fsp3) is 0. The van der Waals surface area contributed by atoms with Crippen LogP contribution in [0.15, 0.2) is 42.5 Å². The predicted molar refractivity (Wildman–Crippen MR) is 64.5 cm³/mol. The third-order valence-electron chi connectivity index (χ3n) is 2.05. The second-order valence-corrected chi connectivity index (χ2v) is 4.38. The van der Waals surface area contributed by atoms with Gasteiger partial charge < -0.3 is 0 Å². The van der Waals surface area contributed by atoms with Crippen LogP contribution in [0.1, 0.15) is 0 Å². The lowest BCUT2D eigenvalue weighted by atomic mass is 10.1. The van der Waals surface area contributed by atoms with Gasteiger partial charge >= 0.3 is 0 Å². The van der Waals surface area contributed by atoms with E-state index in [0.717, 1.165) is 3.57 Å². The van der Waals surface area contributed by atoms with E-state index in [4.69, 9.17) is 0 Å². The van der Waals surface area contributed by atoms with Crippen molar-refractivity contribution in [3.8, 4) is 11.1 Å². The van der Waals surface area contributed by atoms with Crippen LogP contribution in [0.25, 0.3) is 11.1 Å². The van der Waals surface area contributed by atoms with E-state index in [-0.39, 0.29) is 11.6 Å². The van der Waals surface area contributed by atoms with Gasteiger partial charge in [0.15, 0.2) is 0 Å². The molecular formula is C12H7F2I. The maximum absolute atomic E-state index is 13.4. The Kier molecular flexibility index (Phi) is 3.00. The second-order valence-electron chi connectivity index (χ2n) is 3.14. The van der Waals surface area contributed by atoms with Crippen LogP contribution in [0.4, 0.5) is 8.78 Å². The molecule has 0 aromatic heterocycles. The fourth-order valence-corrected chi connectivity index (χ4v) is 2.04. The Balaban J connectivity index is 2.59. The van der Waals surface area contributed by atoms with E-state index in [1.807, 2.05) is 22.6 Å². The number of hydrogen-bond acceptors (Lipinski definition) is 0. The van der Waals surface area contributed by atoms with Gasteiger partial charge in [0, 0.05) is 9.13 Å². The minimum atomic E-state index is -0.347. The van der Waals surface area contributed by atoms with Crippen molar-refractivity contribution in [2.45, 2.75) is 0 Å². The van der Waals surface area contributed by atoms with Crippen molar-refractivity contribution in [2.24, 2.45) is 0 Å². The van der Waals surface area contributed by atoms with E-state index < -0.39 is 0 Å². The van der Waals surface area contributed by atoms with Gasteiger partial charge in [-0.1, -0.05) is 18.2 Å². The van der Waals surface area contributed by atoms with E-state index in [1.165, 1.54) is 18.2 Å². The second kappa shape index (κ2) is 4.26. The quantitative estimate of drug-likeness (QED) is 0.691. The molecular weight excluding hydrogens is 309 g/mol. The number of halogens is 3. The van der Waals surface area contributed by atoms with Crippen LogP contribution >= 0.6 is 22.6 Å². The van der Waals surface area contributed by atoms with Gasteiger partial charge in [-0.15, -0.1) is 0 Å². The van der Waals surface area contributed by atoms with Crippen LogP contribution in [-0.4, -0.2) is 0 Å². The van der Waals surface area contributed by atoms with E-state index in [9.17, 15) is 8.78 Å². The first-order chi connectivity index (χ1) is 7.16. The summed E-state index contributed by atoms with van der Waals surface area (Å²) in [6, 6.07) is 10.8. The van der Waals surface area contributed by atoms with E-state index >= 15 is 0 Å². The summed E-state index contributed by atoms with van der Waals surface area (Å²) >= 11 is 2.01. The Labute approximate surface area is 100 Å². The molecule has 15 heavy (non-hydrogen) atoms. The third-order valence-corrected chi connectivity index (χ3v) is 2.67. The predicted octanol–water partition coefficient (Wildman–Crippen LogP) is 4.24. The van der Waals surface area contributed by atoms with Gasteiger partial charge in [0.1, 0.15) is 11.6 Å². The Morgan fingerprint density at radius 2 is 1.67 bits per heavy atom. The standard InChI is InChI=1S/C12H7F2I/c13-9-5-8(6-10(15)7-9)11-3-1-2-4-12(11)14/h1-7H. The summed E-state index contributed by atoms with van der Waals surface area (Å²) in [5, 5.41) is 0. The van der Waals surface area contributed by atoms with Crippen molar-refractivity contribution in [3.63, 3.8) is 0 Å². The smallest absolute Gasteiger partial charge is 0.131 e. The molecule has 0 saturated carbocycles. The molecule has 76 valence electrons. The number of hydrogen-bond donors (Lipinski definition) is 0. The molecule has 0 aliphatic heterocycles. The SMILES string of the molecule is Fc1cc(I)cc(-c2ccccc2F)c1. The highest BCUT2D eigenvalue weighted by atomic mass is 127. The van der Waals surface area contributed by atoms with Gasteiger partial charge in [-0.2, -0.15) is 0 Å². The summed E-state index contributed by atoms with van der Waals surface area (Å²) in [5.41, 5.74) is 0.993. The molecule has 0 fully saturated rings. The first-order valence-electron chi connectivity index (χ1n) is 4.38. The third kappa shape index (κ3) is 2.34. The summed E-state index contributed by atoms with van der Waals surface area (Å²) in [7, 11) is 0. The van der Waals surface area contributed by atoms with Crippen molar-refractivity contribution in [2.75, 3.05) is 0 Å². The maximum Gasteiger partial charge on any atom is 0.131 e. The monoisotopic (exact) mass is 316 g/mol. The zero-order chi connectivity index (χ0) is 10.8. The molecule has 0 radical (unpaired) electrons.